The molecule has 0 aliphatic heterocycles. The number of benzene rings is 3. The van der Waals surface area contributed by atoms with Crippen LogP contribution in [0.2, 0.25) is 0 Å². The van der Waals surface area contributed by atoms with Crippen molar-refractivity contribution in [2.24, 2.45) is 0 Å². The predicted octanol–water partition coefficient (Wildman–Crippen LogP) is 4.95. The second-order valence-electron chi connectivity index (χ2n) is 9.18. The summed E-state index contributed by atoms with van der Waals surface area (Å²) in [5.74, 6) is -0.876. The second-order valence-corrected chi connectivity index (χ2v) is 9.18. The van der Waals surface area contributed by atoms with E-state index in [0.717, 1.165) is 11.1 Å². The zero-order valence-electron chi connectivity index (χ0n) is 21.9. The van der Waals surface area contributed by atoms with Crippen LogP contribution in [0.4, 0.5) is 14.9 Å². The van der Waals surface area contributed by atoms with Crippen molar-refractivity contribution in [3.05, 3.63) is 112 Å². The fourth-order valence-electron chi connectivity index (χ4n) is 4.12. The van der Waals surface area contributed by atoms with E-state index in [4.69, 9.17) is 9.15 Å². The van der Waals surface area contributed by atoms with Crippen LogP contribution in [0.5, 0.6) is 0 Å². The Hall–Kier alpha value is -4.50. The number of aryl methyl sites for hydroxylation is 1. The summed E-state index contributed by atoms with van der Waals surface area (Å²) in [6, 6.07) is 19.6. The fraction of sp³-hybridized carbons (Fsp3) is 0.233. The maximum Gasteiger partial charge on any atom is 0.322 e. The van der Waals surface area contributed by atoms with Crippen LogP contribution in [0, 0.1) is 12.7 Å². The Morgan fingerprint density at radius 1 is 0.974 bits per heavy atom. The molecule has 4 aromatic rings. The minimum Gasteiger partial charge on any atom is -0.464 e. The van der Waals surface area contributed by atoms with Gasteiger partial charge in [-0.25, -0.2) is 9.18 Å². The Balaban J connectivity index is 1.59. The van der Waals surface area contributed by atoms with Crippen molar-refractivity contribution < 1.29 is 23.1 Å². The van der Waals surface area contributed by atoms with E-state index in [2.05, 4.69) is 5.32 Å². The summed E-state index contributed by atoms with van der Waals surface area (Å²) < 4.78 is 24.5. The van der Waals surface area contributed by atoms with Gasteiger partial charge in [0.1, 0.15) is 17.9 Å². The zero-order chi connectivity index (χ0) is 27.8. The number of nitrogens with one attached hydrogen (secondary N) is 1. The number of fused-ring (bicyclic) bond motifs is 1. The first kappa shape index (κ1) is 27.5. The molecule has 0 spiro atoms. The van der Waals surface area contributed by atoms with E-state index in [0.29, 0.717) is 16.5 Å². The van der Waals surface area contributed by atoms with Gasteiger partial charge in [-0.15, -0.1) is 0 Å². The van der Waals surface area contributed by atoms with Crippen LogP contribution in [0.1, 0.15) is 16.7 Å². The predicted molar refractivity (Wildman–Crippen MR) is 147 cm³/mol. The number of carbonyl (C=O) groups is 2. The van der Waals surface area contributed by atoms with Crippen LogP contribution < -0.4 is 10.7 Å². The molecule has 1 heterocycles. The third kappa shape index (κ3) is 7.30. The van der Waals surface area contributed by atoms with Crippen LogP contribution in [0.15, 0.2) is 88.3 Å². The molecule has 3 amide bonds. The van der Waals surface area contributed by atoms with Gasteiger partial charge < -0.3 is 24.3 Å². The van der Waals surface area contributed by atoms with Crippen molar-refractivity contribution in [1.29, 1.82) is 0 Å². The third-order valence-electron chi connectivity index (χ3n) is 6.18. The number of anilines is 1. The Morgan fingerprint density at radius 3 is 2.51 bits per heavy atom. The van der Waals surface area contributed by atoms with Crippen molar-refractivity contribution in [3.63, 3.8) is 0 Å². The molecule has 0 atom stereocenters. The van der Waals surface area contributed by atoms with E-state index in [-0.39, 0.29) is 49.8 Å². The molecule has 0 saturated carbocycles. The van der Waals surface area contributed by atoms with Gasteiger partial charge in [-0.05, 0) is 42.8 Å². The van der Waals surface area contributed by atoms with Gasteiger partial charge in [0.15, 0.2) is 5.43 Å². The van der Waals surface area contributed by atoms with Crippen LogP contribution in [0.25, 0.3) is 11.0 Å². The summed E-state index contributed by atoms with van der Waals surface area (Å²) in [6.45, 7) is 2.13. The summed E-state index contributed by atoms with van der Waals surface area (Å²) in [5, 5.41) is 3.07. The maximum atomic E-state index is 13.6. The minimum absolute atomic E-state index is 0.0103. The Bertz CT molecular complexity index is 1510. The van der Waals surface area contributed by atoms with Crippen molar-refractivity contribution in [1.82, 2.24) is 9.80 Å². The van der Waals surface area contributed by atoms with Gasteiger partial charge in [0.2, 0.25) is 5.91 Å². The van der Waals surface area contributed by atoms with Gasteiger partial charge in [0.25, 0.3) is 0 Å². The number of nitrogens with zero attached hydrogens (tertiary/aromatic N) is 2. The highest BCUT2D eigenvalue weighted by Gasteiger charge is 2.23. The standard InChI is InChI=1S/C30H30FN3O5/c1-21-11-12-27-26(15-21)29(36)23(20-39-27)18-34(17-22-7-4-3-5-8-22)28(35)19-33(13-14-38-2)30(37)32-25-10-6-9-24(31)16-25/h3-12,15-16,20H,13-14,17-19H2,1-2H3,(H,32,37). The number of amides is 3. The first-order valence-electron chi connectivity index (χ1n) is 12.5. The van der Waals surface area contributed by atoms with Crippen LogP contribution in [0.3, 0.4) is 0 Å². The molecule has 8 nitrogen and oxygen atoms in total. The van der Waals surface area contributed by atoms with E-state index < -0.39 is 11.8 Å². The normalized spacial score (nSPS) is 10.8. The van der Waals surface area contributed by atoms with Crippen molar-refractivity contribution in [2.75, 3.05) is 32.1 Å². The van der Waals surface area contributed by atoms with Gasteiger partial charge in [-0.1, -0.05) is 48.0 Å². The Morgan fingerprint density at radius 2 is 1.77 bits per heavy atom. The van der Waals surface area contributed by atoms with Gasteiger partial charge in [0, 0.05) is 25.9 Å². The summed E-state index contributed by atoms with van der Waals surface area (Å²) >= 11 is 0. The first-order valence-corrected chi connectivity index (χ1v) is 12.5. The molecule has 0 unspecified atom stereocenters. The molecule has 0 fully saturated rings. The highest BCUT2D eigenvalue weighted by atomic mass is 19.1. The largest absolute Gasteiger partial charge is 0.464 e. The van der Waals surface area contributed by atoms with E-state index in [1.807, 2.05) is 43.3 Å². The Kier molecular flexibility index (Phi) is 9.06. The molecule has 0 aliphatic carbocycles. The first-order chi connectivity index (χ1) is 18.8. The highest BCUT2D eigenvalue weighted by Crippen LogP contribution is 2.16. The van der Waals surface area contributed by atoms with E-state index in [9.17, 15) is 18.8 Å². The number of rotatable bonds is 10. The molecule has 202 valence electrons. The molecular formula is C30H30FN3O5. The summed E-state index contributed by atoms with van der Waals surface area (Å²) in [6.07, 6.45) is 1.38. The van der Waals surface area contributed by atoms with E-state index in [1.165, 1.54) is 41.4 Å². The topological polar surface area (TPSA) is 92.1 Å². The lowest BCUT2D eigenvalue weighted by Crippen LogP contribution is -2.45. The van der Waals surface area contributed by atoms with Gasteiger partial charge >= 0.3 is 6.03 Å². The molecule has 0 bridgehead atoms. The molecule has 0 radical (unpaired) electrons. The van der Waals surface area contributed by atoms with E-state index >= 15 is 0 Å². The number of halogens is 1. The number of ether oxygens (including phenoxy) is 1. The van der Waals surface area contributed by atoms with Gasteiger partial charge in [-0.2, -0.15) is 0 Å². The molecule has 3 aromatic carbocycles. The number of carbonyl (C=O) groups excluding carboxylic acids is 2. The van der Waals surface area contributed by atoms with E-state index in [1.54, 1.807) is 18.2 Å². The zero-order valence-corrected chi connectivity index (χ0v) is 21.9. The fourth-order valence-corrected chi connectivity index (χ4v) is 4.12. The molecule has 0 aliphatic rings. The average Bonchev–Trinajstić information content (AvgIpc) is 2.92. The molecule has 0 saturated heterocycles. The third-order valence-corrected chi connectivity index (χ3v) is 6.18. The lowest BCUT2D eigenvalue weighted by Gasteiger charge is -2.28. The molecule has 9 heteroatoms. The number of urea groups is 1. The minimum atomic E-state index is -0.577. The lowest BCUT2D eigenvalue weighted by atomic mass is 10.1. The van der Waals surface area contributed by atoms with Gasteiger partial charge in [-0.3, -0.25) is 9.59 Å². The maximum absolute atomic E-state index is 13.6. The molecule has 1 aromatic heterocycles. The number of methoxy groups -OCH3 is 1. The molecule has 39 heavy (non-hydrogen) atoms. The monoisotopic (exact) mass is 531 g/mol. The van der Waals surface area contributed by atoms with Crippen molar-refractivity contribution in [2.45, 2.75) is 20.0 Å². The summed E-state index contributed by atoms with van der Waals surface area (Å²) in [7, 11) is 1.49. The summed E-state index contributed by atoms with van der Waals surface area (Å²) in [4.78, 5) is 42.8. The second kappa shape index (κ2) is 12.8. The lowest BCUT2D eigenvalue weighted by molar-refractivity contribution is -0.133. The molecule has 1 N–H and O–H groups in total. The van der Waals surface area contributed by atoms with Crippen molar-refractivity contribution >= 4 is 28.6 Å². The Labute approximate surface area is 225 Å². The molecule has 4 rings (SSSR count). The smallest absolute Gasteiger partial charge is 0.322 e. The van der Waals surface area contributed by atoms with Crippen LogP contribution in [-0.4, -0.2) is 48.5 Å². The van der Waals surface area contributed by atoms with Crippen molar-refractivity contribution in [3.8, 4) is 0 Å². The quantitative estimate of drug-likeness (QED) is 0.313. The number of hydrogen-bond donors (Lipinski definition) is 1. The average molecular weight is 532 g/mol. The summed E-state index contributed by atoms with van der Waals surface area (Å²) in [5.41, 5.74) is 2.62. The van der Waals surface area contributed by atoms with Crippen LogP contribution >= 0.6 is 0 Å². The SMILES string of the molecule is COCCN(CC(=O)N(Cc1ccccc1)Cc1coc2ccc(C)cc2c1=O)C(=O)Nc1cccc(F)c1. The van der Waals surface area contributed by atoms with Gasteiger partial charge in [0.05, 0.1) is 30.4 Å². The number of hydrogen-bond acceptors (Lipinski definition) is 5. The van der Waals surface area contributed by atoms with Crippen LogP contribution in [-0.2, 0) is 22.6 Å². The highest BCUT2D eigenvalue weighted by molar-refractivity contribution is 5.92. The molecular weight excluding hydrogens is 501 g/mol.